The van der Waals surface area contributed by atoms with Gasteiger partial charge in [0.15, 0.2) is 57.6 Å². The van der Waals surface area contributed by atoms with Crippen LogP contribution in [-0.4, -0.2) is 90.8 Å². The molecule has 2 aromatic rings. The van der Waals surface area contributed by atoms with Gasteiger partial charge in [0.1, 0.15) is 11.1 Å². The van der Waals surface area contributed by atoms with Gasteiger partial charge in [0.25, 0.3) is 0 Å². The van der Waals surface area contributed by atoms with Gasteiger partial charge in [-0.3, -0.25) is 9.59 Å². The van der Waals surface area contributed by atoms with Crippen LogP contribution in [0, 0.1) is 0 Å². The minimum atomic E-state index is -1.20. The molecule has 0 N–H and O–H groups in total. The fourth-order valence-electron chi connectivity index (χ4n) is 6.19. The molecule has 0 aromatic heterocycles. The molecular formula is C43H64O12. The van der Waals surface area contributed by atoms with Gasteiger partial charge in [-0.1, -0.05) is 27.0 Å². The van der Waals surface area contributed by atoms with E-state index in [4.69, 9.17) is 47.4 Å². The van der Waals surface area contributed by atoms with E-state index in [9.17, 15) is 9.59 Å². The van der Waals surface area contributed by atoms with Crippen molar-refractivity contribution < 1.29 is 57.0 Å². The molecule has 12 heteroatoms. The lowest BCUT2D eigenvalue weighted by atomic mass is 9.74. The van der Waals surface area contributed by atoms with E-state index < -0.39 is 17.0 Å². The molecule has 0 unspecified atom stereocenters. The number of Topliss-reactive ketones (excluding diaryl/α,β-unsaturated/α-hetero) is 2. The highest BCUT2D eigenvalue weighted by Crippen LogP contribution is 2.61. The Kier molecular flexibility index (Phi) is 19.4. The lowest BCUT2D eigenvalue weighted by molar-refractivity contribution is 0.0973. The second-order valence-corrected chi connectivity index (χ2v) is 12.4. The topological polar surface area (TPSA) is 126 Å². The van der Waals surface area contributed by atoms with Crippen LogP contribution in [0.25, 0.3) is 0 Å². The van der Waals surface area contributed by atoms with Gasteiger partial charge < -0.3 is 47.4 Å². The Bertz CT molecular complexity index is 1430. The maximum Gasteiger partial charge on any atom is 0.198 e. The van der Waals surface area contributed by atoms with Crippen molar-refractivity contribution in [1.29, 1.82) is 0 Å². The Labute approximate surface area is 328 Å². The molecule has 0 spiro atoms. The van der Waals surface area contributed by atoms with Gasteiger partial charge in [0.2, 0.25) is 0 Å². The lowest BCUT2D eigenvalue weighted by Crippen LogP contribution is -2.27. The fourth-order valence-corrected chi connectivity index (χ4v) is 6.19. The van der Waals surface area contributed by atoms with Gasteiger partial charge >= 0.3 is 0 Å². The standard InChI is InChI=1S/C43H64O12/c1-15-46-25-27(11)33(44)29-35(48-17-3)39(52-21-7)31(40(53-22-8)36(29)49-18-4)43(13,14)32-41(54-23-9)37(50-19-5)30(34(45)28(12)26-47-16-2)38(51-20-6)42(32)55-24-10/h11-12,15-26H2,1-10,13-14H3. The number of carbonyl (C=O) groups is 2. The van der Waals surface area contributed by atoms with Gasteiger partial charge in [0, 0.05) is 29.8 Å². The molecular weight excluding hydrogens is 708 g/mol. The van der Waals surface area contributed by atoms with Crippen molar-refractivity contribution in [2.24, 2.45) is 0 Å². The van der Waals surface area contributed by atoms with E-state index in [1.54, 1.807) is 0 Å². The summed E-state index contributed by atoms with van der Waals surface area (Å²) in [5, 5.41) is 0. The first-order valence-electron chi connectivity index (χ1n) is 19.5. The molecule has 12 nitrogen and oxygen atoms in total. The summed E-state index contributed by atoms with van der Waals surface area (Å²) in [6.45, 7) is 32.7. The second-order valence-electron chi connectivity index (χ2n) is 12.4. The maximum atomic E-state index is 14.3. The predicted molar refractivity (Wildman–Crippen MR) is 214 cm³/mol. The highest BCUT2D eigenvalue weighted by Gasteiger charge is 2.46. The SMILES string of the molecule is C=C(COCC)C(=O)c1c(OCC)c(OCC)c(C(C)(C)c2c(OCC)c(OCC)c(C(=O)C(=C)COCC)c(OCC)c2OCC)c(OCC)c1OCC. The van der Waals surface area contributed by atoms with Gasteiger partial charge in [-0.15, -0.1) is 0 Å². The van der Waals surface area contributed by atoms with Crippen LogP contribution in [0.3, 0.4) is 0 Å². The normalized spacial score (nSPS) is 11.1. The van der Waals surface area contributed by atoms with E-state index in [-0.39, 0.29) is 134 Å². The van der Waals surface area contributed by atoms with Gasteiger partial charge in [-0.05, 0) is 69.2 Å². The van der Waals surface area contributed by atoms with Crippen LogP contribution < -0.4 is 37.9 Å². The minimum Gasteiger partial charge on any atom is -0.489 e. The van der Waals surface area contributed by atoms with Crippen molar-refractivity contribution in [3.8, 4) is 46.0 Å². The van der Waals surface area contributed by atoms with Crippen LogP contribution in [0.15, 0.2) is 24.3 Å². The minimum absolute atomic E-state index is 0.00551. The second kappa shape index (κ2) is 22.8. The highest BCUT2D eigenvalue weighted by atomic mass is 16.5. The van der Waals surface area contributed by atoms with Crippen LogP contribution in [0.4, 0.5) is 0 Å². The molecule has 2 aromatic carbocycles. The Morgan fingerprint density at radius 2 is 0.618 bits per heavy atom. The van der Waals surface area contributed by atoms with E-state index in [1.807, 2.05) is 83.1 Å². The Morgan fingerprint density at radius 3 is 0.818 bits per heavy atom. The first-order valence-corrected chi connectivity index (χ1v) is 19.5. The number of rotatable bonds is 28. The number of carbonyl (C=O) groups excluding carboxylic acids is 2. The molecule has 0 bridgehead atoms. The van der Waals surface area contributed by atoms with E-state index in [0.717, 1.165) is 0 Å². The van der Waals surface area contributed by atoms with Crippen molar-refractivity contribution in [3.05, 3.63) is 46.6 Å². The number of hydrogen-bond acceptors (Lipinski definition) is 12. The molecule has 0 heterocycles. The molecule has 0 radical (unpaired) electrons. The Hall–Kier alpha value is -4.42. The third-order valence-electron chi connectivity index (χ3n) is 8.26. The van der Waals surface area contributed by atoms with Crippen LogP contribution in [-0.2, 0) is 14.9 Å². The van der Waals surface area contributed by atoms with Crippen molar-refractivity contribution in [2.45, 2.75) is 88.5 Å². The molecule has 0 saturated heterocycles. The number of ketones is 2. The number of ether oxygens (including phenoxy) is 10. The van der Waals surface area contributed by atoms with Crippen LogP contribution in [0.1, 0.15) is 115 Å². The summed E-state index contributed by atoms with van der Waals surface area (Å²) in [7, 11) is 0. The molecule has 0 amide bonds. The summed E-state index contributed by atoms with van der Waals surface area (Å²) in [5.41, 5.74) is 0.358. The van der Waals surface area contributed by atoms with Crippen molar-refractivity contribution >= 4 is 11.6 Å². The van der Waals surface area contributed by atoms with Gasteiger partial charge in [0.05, 0.1) is 77.2 Å². The highest BCUT2D eigenvalue weighted by molar-refractivity contribution is 6.14. The van der Waals surface area contributed by atoms with E-state index in [0.29, 0.717) is 24.3 Å². The van der Waals surface area contributed by atoms with Crippen LogP contribution in [0.2, 0.25) is 0 Å². The summed E-state index contributed by atoms with van der Waals surface area (Å²) in [4.78, 5) is 28.7. The average molecular weight is 773 g/mol. The smallest absolute Gasteiger partial charge is 0.198 e. The number of benzene rings is 2. The predicted octanol–water partition coefficient (Wildman–Crippen LogP) is 8.75. The molecule has 0 saturated carbocycles. The average Bonchev–Trinajstić information content (AvgIpc) is 3.15. The van der Waals surface area contributed by atoms with Crippen LogP contribution in [0.5, 0.6) is 46.0 Å². The Morgan fingerprint density at radius 1 is 0.400 bits per heavy atom. The first kappa shape index (κ1) is 46.7. The molecule has 0 aliphatic heterocycles. The van der Waals surface area contributed by atoms with E-state index in [1.165, 1.54) is 0 Å². The molecule has 0 atom stereocenters. The summed E-state index contributed by atoms with van der Waals surface area (Å²) >= 11 is 0. The first-order chi connectivity index (χ1) is 26.4. The molecule has 0 aliphatic rings. The van der Waals surface area contributed by atoms with Gasteiger partial charge in [-0.25, -0.2) is 0 Å². The third-order valence-corrected chi connectivity index (χ3v) is 8.26. The summed E-state index contributed by atoms with van der Waals surface area (Å²) in [6.07, 6.45) is 0. The summed E-state index contributed by atoms with van der Waals surface area (Å²) in [5.74, 6) is 0.755. The van der Waals surface area contributed by atoms with E-state index >= 15 is 0 Å². The third kappa shape index (κ3) is 10.5. The zero-order valence-electron chi connectivity index (χ0n) is 35.3. The van der Waals surface area contributed by atoms with Crippen LogP contribution >= 0.6 is 0 Å². The van der Waals surface area contributed by atoms with Crippen molar-refractivity contribution in [1.82, 2.24) is 0 Å². The van der Waals surface area contributed by atoms with Crippen molar-refractivity contribution in [2.75, 3.05) is 79.3 Å². The zero-order chi connectivity index (χ0) is 41.3. The number of hydrogen-bond donors (Lipinski definition) is 0. The molecule has 0 aliphatic carbocycles. The molecule has 55 heavy (non-hydrogen) atoms. The van der Waals surface area contributed by atoms with Gasteiger partial charge in [-0.2, -0.15) is 0 Å². The Balaban J connectivity index is 3.48. The van der Waals surface area contributed by atoms with Crippen molar-refractivity contribution in [3.63, 3.8) is 0 Å². The molecule has 0 fully saturated rings. The summed E-state index contributed by atoms with van der Waals surface area (Å²) in [6, 6.07) is 0. The maximum absolute atomic E-state index is 14.3. The molecule has 308 valence electrons. The monoisotopic (exact) mass is 772 g/mol. The largest absolute Gasteiger partial charge is 0.489 e. The van der Waals surface area contributed by atoms with E-state index in [2.05, 4.69) is 13.2 Å². The quantitative estimate of drug-likeness (QED) is 0.0606. The zero-order valence-corrected chi connectivity index (χ0v) is 35.3. The fraction of sp³-hybridized carbons (Fsp3) is 0.581. The summed E-state index contributed by atoms with van der Waals surface area (Å²) < 4.78 is 62.4. The lowest BCUT2D eigenvalue weighted by Gasteiger charge is -2.36. The molecule has 2 rings (SSSR count).